The van der Waals surface area contributed by atoms with Gasteiger partial charge < -0.3 is 5.73 Å². The van der Waals surface area contributed by atoms with Crippen molar-refractivity contribution in [2.24, 2.45) is 0 Å². The smallest absolute Gasteiger partial charge is 0.0854 e. The normalized spacial score (nSPS) is 10.7. The molecular formula is C10H19N3. The number of aryl methyl sites for hydroxylation is 2. The number of nitrogen functional groups attached to an aromatic ring is 1. The molecule has 0 saturated carbocycles. The van der Waals surface area contributed by atoms with Gasteiger partial charge in [0.25, 0.3) is 0 Å². The molecule has 0 bridgehead atoms. The Morgan fingerprint density at radius 2 is 1.92 bits per heavy atom. The molecule has 13 heavy (non-hydrogen) atoms. The summed E-state index contributed by atoms with van der Waals surface area (Å²) in [6.45, 7) is 7.35. The first-order chi connectivity index (χ1) is 6.24. The van der Waals surface area contributed by atoms with Crippen molar-refractivity contribution < 1.29 is 0 Å². The zero-order valence-corrected chi connectivity index (χ0v) is 8.80. The van der Waals surface area contributed by atoms with E-state index in [1.165, 1.54) is 5.69 Å². The van der Waals surface area contributed by atoms with Gasteiger partial charge in [0.05, 0.1) is 17.1 Å². The molecule has 0 saturated heterocycles. The molecule has 3 heteroatoms. The molecule has 0 atom stereocenters. The van der Waals surface area contributed by atoms with Crippen LogP contribution in [-0.2, 0) is 19.4 Å². The van der Waals surface area contributed by atoms with Gasteiger partial charge in [-0.2, -0.15) is 5.10 Å². The maximum atomic E-state index is 5.97. The summed E-state index contributed by atoms with van der Waals surface area (Å²) >= 11 is 0. The largest absolute Gasteiger partial charge is 0.396 e. The molecule has 1 aromatic rings. The lowest BCUT2D eigenvalue weighted by molar-refractivity contribution is 0.571. The summed E-state index contributed by atoms with van der Waals surface area (Å²) in [7, 11) is 0. The standard InChI is InChI=1S/C10H19N3/c1-4-7-13-9(6-3)10(11)8(5-2)12-13/h4-7,11H2,1-3H3. The molecule has 0 amide bonds. The Morgan fingerprint density at radius 3 is 2.38 bits per heavy atom. The molecule has 0 aliphatic heterocycles. The molecule has 0 aromatic carbocycles. The summed E-state index contributed by atoms with van der Waals surface area (Å²) in [5, 5.41) is 4.48. The van der Waals surface area contributed by atoms with Gasteiger partial charge in [0, 0.05) is 6.54 Å². The maximum absolute atomic E-state index is 5.97. The number of hydrogen-bond donors (Lipinski definition) is 1. The summed E-state index contributed by atoms with van der Waals surface area (Å²) in [6.07, 6.45) is 3.01. The third-order valence-corrected chi connectivity index (χ3v) is 2.28. The predicted octanol–water partition coefficient (Wildman–Crippen LogP) is 2.00. The van der Waals surface area contributed by atoms with Gasteiger partial charge in [-0.15, -0.1) is 0 Å². The first-order valence-corrected chi connectivity index (χ1v) is 5.08. The quantitative estimate of drug-likeness (QED) is 0.772. The fourth-order valence-electron chi connectivity index (χ4n) is 1.60. The minimum absolute atomic E-state index is 0.901. The highest BCUT2D eigenvalue weighted by atomic mass is 15.3. The Kier molecular flexibility index (Phi) is 3.34. The Hall–Kier alpha value is -0.990. The van der Waals surface area contributed by atoms with Crippen LogP contribution in [0.4, 0.5) is 5.69 Å². The number of anilines is 1. The minimum atomic E-state index is 0.901. The lowest BCUT2D eigenvalue weighted by Crippen LogP contribution is -2.04. The van der Waals surface area contributed by atoms with Crippen molar-refractivity contribution in [1.82, 2.24) is 9.78 Å². The van der Waals surface area contributed by atoms with E-state index in [0.29, 0.717) is 0 Å². The molecule has 0 unspecified atom stereocenters. The van der Waals surface area contributed by atoms with Crippen LogP contribution < -0.4 is 5.73 Å². The molecule has 1 aromatic heterocycles. The molecule has 74 valence electrons. The first kappa shape index (κ1) is 10.1. The van der Waals surface area contributed by atoms with Gasteiger partial charge in [0.15, 0.2) is 0 Å². The van der Waals surface area contributed by atoms with Crippen LogP contribution in [0.5, 0.6) is 0 Å². The van der Waals surface area contributed by atoms with E-state index in [1.807, 2.05) is 4.68 Å². The Labute approximate surface area is 79.9 Å². The topological polar surface area (TPSA) is 43.8 Å². The zero-order valence-electron chi connectivity index (χ0n) is 8.80. The third-order valence-electron chi connectivity index (χ3n) is 2.28. The summed E-state index contributed by atoms with van der Waals surface area (Å²) in [4.78, 5) is 0. The minimum Gasteiger partial charge on any atom is -0.396 e. The molecule has 0 fully saturated rings. The highest BCUT2D eigenvalue weighted by Crippen LogP contribution is 2.18. The van der Waals surface area contributed by atoms with E-state index >= 15 is 0 Å². The maximum Gasteiger partial charge on any atom is 0.0854 e. The number of nitrogens with two attached hydrogens (primary N) is 1. The van der Waals surface area contributed by atoms with Gasteiger partial charge in [-0.25, -0.2) is 0 Å². The van der Waals surface area contributed by atoms with Crippen molar-refractivity contribution in [3.63, 3.8) is 0 Å². The van der Waals surface area contributed by atoms with E-state index in [0.717, 1.165) is 37.2 Å². The van der Waals surface area contributed by atoms with Crippen molar-refractivity contribution in [1.29, 1.82) is 0 Å². The SMILES string of the molecule is CCCn1nc(CC)c(N)c1CC. The predicted molar refractivity (Wildman–Crippen MR) is 55.7 cm³/mol. The van der Waals surface area contributed by atoms with Crippen LogP contribution in [0.1, 0.15) is 38.6 Å². The molecule has 0 aliphatic carbocycles. The van der Waals surface area contributed by atoms with Crippen molar-refractivity contribution in [2.75, 3.05) is 5.73 Å². The average Bonchev–Trinajstić information content (AvgIpc) is 2.43. The fourth-order valence-corrected chi connectivity index (χ4v) is 1.60. The zero-order chi connectivity index (χ0) is 9.84. The Balaban J connectivity index is 3.04. The summed E-state index contributed by atoms with van der Waals surface area (Å²) < 4.78 is 2.05. The second kappa shape index (κ2) is 4.30. The molecular weight excluding hydrogens is 162 g/mol. The second-order valence-electron chi connectivity index (χ2n) is 3.24. The van der Waals surface area contributed by atoms with E-state index in [1.54, 1.807) is 0 Å². The van der Waals surface area contributed by atoms with E-state index in [-0.39, 0.29) is 0 Å². The lowest BCUT2D eigenvalue weighted by Gasteiger charge is -2.03. The van der Waals surface area contributed by atoms with Gasteiger partial charge >= 0.3 is 0 Å². The van der Waals surface area contributed by atoms with Gasteiger partial charge in [0.1, 0.15) is 0 Å². The van der Waals surface area contributed by atoms with Gasteiger partial charge in [-0.3, -0.25) is 4.68 Å². The van der Waals surface area contributed by atoms with Crippen LogP contribution in [0, 0.1) is 0 Å². The molecule has 1 heterocycles. The highest BCUT2D eigenvalue weighted by Gasteiger charge is 2.10. The summed E-state index contributed by atoms with van der Waals surface area (Å²) in [5.41, 5.74) is 9.11. The summed E-state index contributed by atoms with van der Waals surface area (Å²) in [5.74, 6) is 0. The van der Waals surface area contributed by atoms with E-state index in [4.69, 9.17) is 5.73 Å². The van der Waals surface area contributed by atoms with E-state index < -0.39 is 0 Å². The monoisotopic (exact) mass is 181 g/mol. The average molecular weight is 181 g/mol. The van der Waals surface area contributed by atoms with E-state index in [9.17, 15) is 0 Å². The van der Waals surface area contributed by atoms with Crippen LogP contribution in [-0.4, -0.2) is 9.78 Å². The molecule has 3 nitrogen and oxygen atoms in total. The van der Waals surface area contributed by atoms with E-state index in [2.05, 4.69) is 25.9 Å². The van der Waals surface area contributed by atoms with Gasteiger partial charge in [-0.1, -0.05) is 20.8 Å². The van der Waals surface area contributed by atoms with Gasteiger partial charge in [-0.05, 0) is 19.3 Å². The molecule has 1 rings (SSSR count). The molecule has 0 spiro atoms. The molecule has 0 aliphatic rings. The highest BCUT2D eigenvalue weighted by molar-refractivity contribution is 5.48. The number of aromatic nitrogens is 2. The van der Waals surface area contributed by atoms with Crippen molar-refractivity contribution in [2.45, 2.75) is 46.6 Å². The van der Waals surface area contributed by atoms with Gasteiger partial charge in [0.2, 0.25) is 0 Å². The van der Waals surface area contributed by atoms with Crippen LogP contribution in [0.15, 0.2) is 0 Å². The summed E-state index contributed by atoms with van der Waals surface area (Å²) in [6, 6.07) is 0. The number of hydrogen-bond acceptors (Lipinski definition) is 2. The van der Waals surface area contributed by atoms with Crippen LogP contribution >= 0.6 is 0 Å². The van der Waals surface area contributed by atoms with Crippen molar-refractivity contribution in [3.05, 3.63) is 11.4 Å². The third kappa shape index (κ3) is 1.85. The molecule has 2 N–H and O–H groups in total. The van der Waals surface area contributed by atoms with Crippen molar-refractivity contribution >= 4 is 5.69 Å². The molecule has 0 radical (unpaired) electrons. The fraction of sp³-hybridized carbons (Fsp3) is 0.700. The first-order valence-electron chi connectivity index (χ1n) is 5.08. The number of nitrogens with zero attached hydrogens (tertiary/aromatic N) is 2. The van der Waals surface area contributed by atoms with Crippen molar-refractivity contribution in [3.8, 4) is 0 Å². The second-order valence-corrected chi connectivity index (χ2v) is 3.24. The van der Waals surface area contributed by atoms with Crippen LogP contribution in [0.2, 0.25) is 0 Å². The Morgan fingerprint density at radius 1 is 1.23 bits per heavy atom. The van der Waals surface area contributed by atoms with Crippen LogP contribution in [0.3, 0.4) is 0 Å². The van der Waals surface area contributed by atoms with Crippen LogP contribution in [0.25, 0.3) is 0 Å². The Bertz CT molecular complexity index is 276. The lowest BCUT2D eigenvalue weighted by atomic mass is 10.2. The number of rotatable bonds is 4.